The first-order valence-electron chi connectivity index (χ1n) is 12.7. The molecule has 2 amide bonds. The minimum absolute atomic E-state index is 0.0377. The first kappa shape index (κ1) is 25.0. The average molecular weight is 517 g/mol. The van der Waals surface area contributed by atoms with Crippen molar-refractivity contribution < 1.29 is 14.3 Å². The van der Waals surface area contributed by atoms with Gasteiger partial charge in [-0.05, 0) is 62.8 Å². The fourth-order valence-electron chi connectivity index (χ4n) is 4.70. The zero-order valence-electron chi connectivity index (χ0n) is 21.6. The number of rotatable bonds is 9. The third kappa shape index (κ3) is 4.85. The van der Waals surface area contributed by atoms with Crippen molar-refractivity contribution in [2.75, 3.05) is 11.9 Å². The Balaban J connectivity index is 1.50. The average Bonchev–Trinajstić information content (AvgIpc) is 3.37. The van der Waals surface area contributed by atoms with Gasteiger partial charge in [-0.1, -0.05) is 31.2 Å². The number of fused-ring (bicyclic) bond motifs is 1. The van der Waals surface area contributed by atoms with Gasteiger partial charge in [-0.2, -0.15) is 0 Å². The number of aromatic nitrogens is 2. The van der Waals surface area contributed by atoms with Gasteiger partial charge in [0.05, 0.1) is 22.9 Å². The summed E-state index contributed by atoms with van der Waals surface area (Å²) < 4.78 is 8.01. The molecule has 0 saturated heterocycles. The van der Waals surface area contributed by atoms with Gasteiger partial charge in [0.1, 0.15) is 5.65 Å². The minimum Gasteiger partial charge on any atom is -0.488 e. The third-order valence-electron chi connectivity index (χ3n) is 6.87. The molecule has 0 aliphatic heterocycles. The van der Waals surface area contributed by atoms with Gasteiger partial charge >= 0.3 is 0 Å². The minimum atomic E-state index is -0.208. The van der Waals surface area contributed by atoms with E-state index >= 15 is 0 Å². The molecule has 1 aliphatic carbocycles. The maximum atomic E-state index is 13.6. The van der Waals surface area contributed by atoms with Crippen LogP contribution in [0.2, 0.25) is 0 Å². The van der Waals surface area contributed by atoms with Crippen LogP contribution in [0.1, 0.15) is 65.0 Å². The summed E-state index contributed by atoms with van der Waals surface area (Å²) in [6, 6.07) is 15.2. The van der Waals surface area contributed by atoms with E-state index in [9.17, 15) is 9.59 Å². The van der Waals surface area contributed by atoms with Crippen molar-refractivity contribution in [1.29, 1.82) is 0 Å². The van der Waals surface area contributed by atoms with Crippen LogP contribution in [0.5, 0.6) is 5.75 Å². The van der Waals surface area contributed by atoms with Crippen LogP contribution in [0.3, 0.4) is 0 Å². The van der Waals surface area contributed by atoms with Crippen LogP contribution in [0.25, 0.3) is 11.0 Å². The Morgan fingerprint density at radius 3 is 2.51 bits per heavy atom. The van der Waals surface area contributed by atoms with Crippen LogP contribution >= 0.6 is 11.3 Å². The fraction of sp³-hybridized carbons (Fsp3) is 0.345. The van der Waals surface area contributed by atoms with E-state index in [1.54, 1.807) is 28.0 Å². The molecule has 1 saturated carbocycles. The summed E-state index contributed by atoms with van der Waals surface area (Å²) in [7, 11) is 1.84. The lowest BCUT2D eigenvalue weighted by molar-refractivity contribution is 0.0935. The number of thiophene rings is 1. The molecular formula is C29H32N4O3S. The standard InChI is InChI=1S/C29H32N4O3S/c1-5-21-22(32-27(34)19-10-7-6-8-11-19)16-20-25(36-18(2)3)24(33(4)26(20)31-21)28(35)30-17-29(13-14-29)23-12-9-15-37-23/h6-12,15-16,18H,5,13-14,17H2,1-4H3,(H,30,35)(H,32,34). The van der Waals surface area contributed by atoms with Crippen LogP contribution in [-0.4, -0.2) is 34.0 Å². The molecule has 192 valence electrons. The van der Waals surface area contributed by atoms with Crippen molar-refractivity contribution in [2.24, 2.45) is 7.05 Å². The lowest BCUT2D eigenvalue weighted by Crippen LogP contribution is -2.33. The van der Waals surface area contributed by atoms with E-state index in [0.717, 1.165) is 18.5 Å². The van der Waals surface area contributed by atoms with Gasteiger partial charge in [0, 0.05) is 29.4 Å². The fourth-order valence-corrected chi connectivity index (χ4v) is 5.68. The summed E-state index contributed by atoms with van der Waals surface area (Å²) in [6.07, 6.45) is 2.62. The highest BCUT2D eigenvalue weighted by molar-refractivity contribution is 7.10. The molecule has 0 spiro atoms. The van der Waals surface area contributed by atoms with E-state index in [0.29, 0.717) is 46.7 Å². The molecule has 0 radical (unpaired) electrons. The number of benzene rings is 1. The summed E-state index contributed by atoms with van der Waals surface area (Å²) in [5.41, 5.74) is 3.05. The topological polar surface area (TPSA) is 85.2 Å². The van der Waals surface area contributed by atoms with Gasteiger partial charge in [0.15, 0.2) is 11.4 Å². The normalized spacial score (nSPS) is 14.1. The summed E-state index contributed by atoms with van der Waals surface area (Å²) in [4.78, 5) is 32.7. The number of anilines is 1. The molecule has 2 N–H and O–H groups in total. The zero-order valence-corrected chi connectivity index (χ0v) is 22.4. The van der Waals surface area contributed by atoms with Gasteiger partial charge in [-0.25, -0.2) is 4.98 Å². The molecule has 3 aromatic heterocycles. The molecule has 0 unspecified atom stereocenters. The molecule has 1 aromatic carbocycles. The highest BCUT2D eigenvalue weighted by Crippen LogP contribution is 2.49. The monoisotopic (exact) mass is 516 g/mol. The van der Waals surface area contributed by atoms with Crippen molar-refractivity contribution in [3.8, 4) is 5.75 Å². The highest BCUT2D eigenvalue weighted by atomic mass is 32.1. The number of hydrogen-bond acceptors (Lipinski definition) is 5. The number of nitrogens with one attached hydrogen (secondary N) is 2. The number of ether oxygens (including phenoxy) is 1. The van der Waals surface area contributed by atoms with Gasteiger partial charge in [-0.15, -0.1) is 11.3 Å². The molecule has 4 aromatic rings. The largest absolute Gasteiger partial charge is 0.488 e. The smallest absolute Gasteiger partial charge is 0.271 e. The predicted octanol–water partition coefficient (Wildman–Crippen LogP) is 5.70. The zero-order chi connectivity index (χ0) is 26.2. The Bertz CT molecular complexity index is 1440. The molecule has 8 heteroatoms. The molecule has 0 atom stereocenters. The number of nitrogens with zero attached hydrogens (tertiary/aromatic N) is 2. The Hall–Kier alpha value is -3.65. The van der Waals surface area contributed by atoms with E-state index in [4.69, 9.17) is 9.72 Å². The first-order chi connectivity index (χ1) is 17.8. The summed E-state index contributed by atoms with van der Waals surface area (Å²) in [5, 5.41) is 8.96. The number of hydrogen-bond donors (Lipinski definition) is 2. The van der Waals surface area contributed by atoms with Crippen molar-refractivity contribution in [2.45, 2.75) is 51.6 Å². The maximum Gasteiger partial charge on any atom is 0.271 e. The number of carbonyl (C=O) groups excluding carboxylic acids is 2. The Labute approximate surface area is 220 Å². The van der Waals surface area contributed by atoms with Crippen LogP contribution in [-0.2, 0) is 18.9 Å². The van der Waals surface area contributed by atoms with Gasteiger partial charge < -0.3 is 19.9 Å². The second kappa shape index (κ2) is 10.0. The number of pyridine rings is 1. The number of amides is 2. The summed E-state index contributed by atoms with van der Waals surface area (Å²) in [5.74, 6) is 0.0863. The molecule has 5 rings (SSSR count). The van der Waals surface area contributed by atoms with Gasteiger partial charge in [-0.3, -0.25) is 9.59 Å². The van der Waals surface area contributed by atoms with Crippen molar-refractivity contribution >= 4 is 39.9 Å². The lowest BCUT2D eigenvalue weighted by atomic mass is 10.1. The Morgan fingerprint density at radius 2 is 1.89 bits per heavy atom. The molecule has 7 nitrogen and oxygen atoms in total. The van der Waals surface area contributed by atoms with Crippen LogP contribution in [0, 0.1) is 0 Å². The van der Waals surface area contributed by atoms with Gasteiger partial charge in [0.25, 0.3) is 11.8 Å². The molecule has 3 heterocycles. The van der Waals surface area contributed by atoms with Crippen LogP contribution < -0.4 is 15.4 Å². The van der Waals surface area contributed by atoms with Crippen LogP contribution in [0.15, 0.2) is 53.9 Å². The van der Waals surface area contributed by atoms with Crippen LogP contribution in [0.4, 0.5) is 5.69 Å². The SMILES string of the molecule is CCc1nc2c(cc1NC(=O)c1ccccc1)c(OC(C)C)c(C(=O)NCC1(c3cccs3)CC1)n2C. The summed E-state index contributed by atoms with van der Waals surface area (Å²) >= 11 is 1.74. The molecule has 37 heavy (non-hydrogen) atoms. The van der Waals surface area contributed by atoms with E-state index in [2.05, 4.69) is 28.1 Å². The van der Waals surface area contributed by atoms with Crippen molar-refractivity contribution in [3.63, 3.8) is 0 Å². The maximum absolute atomic E-state index is 13.6. The lowest BCUT2D eigenvalue weighted by Gasteiger charge is -2.16. The molecule has 0 bridgehead atoms. The number of carbonyl (C=O) groups is 2. The van der Waals surface area contributed by atoms with E-state index in [1.807, 2.05) is 52.1 Å². The quantitative estimate of drug-likeness (QED) is 0.299. The highest BCUT2D eigenvalue weighted by Gasteiger charge is 2.45. The predicted molar refractivity (Wildman–Crippen MR) is 148 cm³/mol. The van der Waals surface area contributed by atoms with Crippen molar-refractivity contribution in [3.05, 3.63) is 75.7 Å². The van der Waals surface area contributed by atoms with Crippen molar-refractivity contribution in [1.82, 2.24) is 14.9 Å². The Morgan fingerprint density at radius 1 is 1.14 bits per heavy atom. The third-order valence-corrected chi connectivity index (χ3v) is 7.98. The van der Waals surface area contributed by atoms with E-state index < -0.39 is 0 Å². The second-order valence-electron chi connectivity index (χ2n) is 9.87. The van der Waals surface area contributed by atoms with Gasteiger partial charge in [0.2, 0.25) is 0 Å². The number of aryl methyl sites for hydroxylation is 2. The second-order valence-corrected chi connectivity index (χ2v) is 10.8. The van der Waals surface area contributed by atoms with E-state index in [-0.39, 0.29) is 23.3 Å². The first-order valence-corrected chi connectivity index (χ1v) is 13.6. The molecular weight excluding hydrogens is 484 g/mol. The Kier molecular flexibility index (Phi) is 6.77. The molecule has 1 fully saturated rings. The molecule has 1 aliphatic rings. The van der Waals surface area contributed by atoms with E-state index in [1.165, 1.54) is 4.88 Å². The summed E-state index contributed by atoms with van der Waals surface area (Å²) in [6.45, 7) is 6.44.